The first kappa shape index (κ1) is 16.3. The number of hydrogen-bond acceptors (Lipinski definition) is 3. The molecule has 0 aliphatic carbocycles. The maximum Gasteiger partial charge on any atom is 0.414 e. The van der Waals surface area contributed by atoms with Gasteiger partial charge in [-0.05, 0) is 30.7 Å². The molecule has 19 heavy (non-hydrogen) atoms. The SMILES string of the molecule is Cc1cc(Br)ccc1SCC(=O)NOCC(F)(F)F. The Morgan fingerprint density at radius 2 is 2.16 bits per heavy atom. The monoisotopic (exact) mass is 357 g/mol. The van der Waals surface area contributed by atoms with E-state index < -0.39 is 18.7 Å². The molecular formula is C11H11BrF3NO2S. The van der Waals surface area contributed by atoms with E-state index in [4.69, 9.17) is 0 Å². The summed E-state index contributed by atoms with van der Waals surface area (Å²) in [4.78, 5) is 16.2. The van der Waals surface area contributed by atoms with E-state index >= 15 is 0 Å². The van der Waals surface area contributed by atoms with E-state index in [9.17, 15) is 18.0 Å². The number of halogens is 4. The van der Waals surface area contributed by atoms with Crippen molar-refractivity contribution in [2.24, 2.45) is 0 Å². The minimum atomic E-state index is -4.46. The van der Waals surface area contributed by atoms with Gasteiger partial charge in [0.1, 0.15) is 0 Å². The van der Waals surface area contributed by atoms with Crippen molar-refractivity contribution in [1.82, 2.24) is 5.48 Å². The smallest absolute Gasteiger partial charge is 0.272 e. The molecule has 1 N–H and O–H groups in total. The summed E-state index contributed by atoms with van der Waals surface area (Å²) < 4.78 is 36.2. The van der Waals surface area contributed by atoms with Gasteiger partial charge in [0.05, 0.1) is 5.75 Å². The van der Waals surface area contributed by atoms with E-state index in [1.807, 2.05) is 25.1 Å². The lowest BCUT2D eigenvalue weighted by atomic mass is 10.2. The van der Waals surface area contributed by atoms with Crippen molar-refractivity contribution in [2.45, 2.75) is 18.0 Å². The van der Waals surface area contributed by atoms with Crippen LogP contribution in [0.4, 0.5) is 13.2 Å². The molecule has 0 aromatic heterocycles. The Morgan fingerprint density at radius 1 is 1.47 bits per heavy atom. The van der Waals surface area contributed by atoms with Crippen LogP contribution in [0.2, 0.25) is 0 Å². The third-order valence-corrected chi connectivity index (χ3v) is 3.59. The molecule has 0 atom stereocenters. The molecule has 0 radical (unpaired) electrons. The number of nitrogens with one attached hydrogen (secondary N) is 1. The van der Waals surface area contributed by atoms with Crippen LogP contribution in [0.15, 0.2) is 27.6 Å². The van der Waals surface area contributed by atoms with E-state index in [0.717, 1.165) is 14.9 Å². The second-order valence-electron chi connectivity index (χ2n) is 3.63. The van der Waals surface area contributed by atoms with E-state index in [-0.39, 0.29) is 5.75 Å². The lowest BCUT2D eigenvalue weighted by Gasteiger charge is -2.09. The van der Waals surface area contributed by atoms with Crippen LogP contribution in [0.5, 0.6) is 0 Å². The van der Waals surface area contributed by atoms with Crippen LogP contribution in [0.1, 0.15) is 5.56 Å². The molecule has 0 unspecified atom stereocenters. The van der Waals surface area contributed by atoms with Gasteiger partial charge in [-0.1, -0.05) is 15.9 Å². The van der Waals surface area contributed by atoms with Crippen molar-refractivity contribution in [3.63, 3.8) is 0 Å². The average molecular weight is 358 g/mol. The average Bonchev–Trinajstić information content (AvgIpc) is 2.26. The van der Waals surface area contributed by atoms with Crippen molar-refractivity contribution in [3.05, 3.63) is 28.2 Å². The van der Waals surface area contributed by atoms with Crippen LogP contribution >= 0.6 is 27.7 Å². The molecule has 0 heterocycles. The molecule has 8 heteroatoms. The first-order valence-electron chi connectivity index (χ1n) is 5.14. The van der Waals surface area contributed by atoms with Gasteiger partial charge in [0.15, 0.2) is 6.61 Å². The molecule has 0 saturated carbocycles. The number of carbonyl (C=O) groups excluding carboxylic acids is 1. The summed E-state index contributed by atoms with van der Waals surface area (Å²) in [6, 6.07) is 5.54. The highest BCUT2D eigenvalue weighted by atomic mass is 79.9. The lowest BCUT2D eigenvalue weighted by Crippen LogP contribution is -2.30. The summed E-state index contributed by atoms with van der Waals surface area (Å²) in [6.07, 6.45) is -4.46. The highest BCUT2D eigenvalue weighted by Crippen LogP contribution is 2.25. The van der Waals surface area contributed by atoms with E-state index in [1.165, 1.54) is 11.8 Å². The topological polar surface area (TPSA) is 38.3 Å². The largest absolute Gasteiger partial charge is 0.414 e. The molecule has 0 aliphatic heterocycles. The quantitative estimate of drug-likeness (QED) is 0.647. The number of carbonyl (C=O) groups is 1. The summed E-state index contributed by atoms with van der Waals surface area (Å²) in [6.45, 7) is 0.381. The second kappa shape index (κ2) is 7.16. The second-order valence-corrected chi connectivity index (χ2v) is 5.56. The summed E-state index contributed by atoms with van der Waals surface area (Å²) in [5.74, 6) is -0.628. The fraction of sp³-hybridized carbons (Fsp3) is 0.364. The number of alkyl halides is 3. The van der Waals surface area contributed by atoms with Crippen molar-refractivity contribution in [3.8, 4) is 0 Å². The number of aryl methyl sites for hydroxylation is 1. The van der Waals surface area contributed by atoms with Gasteiger partial charge in [-0.2, -0.15) is 13.2 Å². The maximum absolute atomic E-state index is 11.8. The number of hydroxylamine groups is 1. The standard InChI is InChI=1S/C11H11BrF3NO2S/c1-7-4-8(12)2-3-9(7)19-5-10(17)16-18-6-11(13,14)15/h2-4H,5-6H2,1H3,(H,16,17). The summed E-state index contributed by atoms with van der Waals surface area (Å²) in [5.41, 5.74) is 2.73. The Bertz CT molecular complexity index is 454. The summed E-state index contributed by atoms with van der Waals surface area (Å²) in [7, 11) is 0. The van der Waals surface area contributed by atoms with Gasteiger partial charge in [0.25, 0.3) is 5.91 Å². The van der Waals surface area contributed by atoms with Crippen LogP contribution in [0.3, 0.4) is 0 Å². The Balaban J connectivity index is 2.34. The van der Waals surface area contributed by atoms with Crippen LogP contribution in [-0.2, 0) is 9.63 Å². The molecule has 1 rings (SSSR count). The molecule has 0 spiro atoms. The van der Waals surface area contributed by atoms with Crippen molar-refractivity contribution in [1.29, 1.82) is 0 Å². The molecular weight excluding hydrogens is 347 g/mol. The maximum atomic E-state index is 11.8. The van der Waals surface area contributed by atoms with Crippen LogP contribution in [0, 0.1) is 6.92 Å². The predicted molar refractivity (Wildman–Crippen MR) is 69.8 cm³/mol. The highest BCUT2D eigenvalue weighted by Gasteiger charge is 2.28. The van der Waals surface area contributed by atoms with Crippen molar-refractivity contribution >= 4 is 33.6 Å². The van der Waals surface area contributed by atoms with Crippen LogP contribution in [-0.4, -0.2) is 24.4 Å². The van der Waals surface area contributed by atoms with Crippen LogP contribution in [0.25, 0.3) is 0 Å². The minimum Gasteiger partial charge on any atom is -0.272 e. The Kier molecular flexibility index (Phi) is 6.15. The molecule has 1 amide bonds. The van der Waals surface area contributed by atoms with Gasteiger partial charge in [-0.3, -0.25) is 9.63 Å². The number of thioether (sulfide) groups is 1. The summed E-state index contributed by atoms with van der Waals surface area (Å²) >= 11 is 4.54. The molecule has 0 saturated heterocycles. The van der Waals surface area contributed by atoms with E-state index in [1.54, 1.807) is 5.48 Å². The number of benzene rings is 1. The van der Waals surface area contributed by atoms with Gasteiger partial charge in [0.2, 0.25) is 0 Å². The molecule has 0 fully saturated rings. The van der Waals surface area contributed by atoms with Crippen molar-refractivity contribution < 1.29 is 22.8 Å². The van der Waals surface area contributed by atoms with E-state index in [2.05, 4.69) is 20.8 Å². The zero-order chi connectivity index (χ0) is 14.5. The third-order valence-electron chi connectivity index (χ3n) is 1.92. The first-order chi connectivity index (χ1) is 8.78. The number of hydrogen-bond donors (Lipinski definition) is 1. The normalized spacial score (nSPS) is 11.4. The highest BCUT2D eigenvalue weighted by molar-refractivity contribution is 9.10. The van der Waals surface area contributed by atoms with E-state index in [0.29, 0.717) is 0 Å². The first-order valence-corrected chi connectivity index (χ1v) is 6.92. The Morgan fingerprint density at radius 3 is 2.74 bits per heavy atom. The Hall–Kier alpha value is -0.730. The number of amides is 1. The minimum absolute atomic E-state index is 0.0136. The number of rotatable bonds is 5. The van der Waals surface area contributed by atoms with Crippen molar-refractivity contribution in [2.75, 3.05) is 12.4 Å². The molecule has 1 aromatic rings. The lowest BCUT2D eigenvalue weighted by molar-refractivity contribution is -0.191. The Labute approximate surface area is 121 Å². The van der Waals surface area contributed by atoms with Gasteiger partial charge >= 0.3 is 6.18 Å². The van der Waals surface area contributed by atoms with Crippen LogP contribution < -0.4 is 5.48 Å². The fourth-order valence-electron chi connectivity index (χ4n) is 1.15. The third kappa shape index (κ3) is 6.84. The molecule has 0 aliphatic rings. The zero-order valence-corrected chi connectivity index (χ0v) is 12.3. The fourth-order valence-corrected chi connectivity index (χ4v) is 2.42. The van der Waals surface area contributed by atoms with Gasteiger partial charge in [0, 0.05) is 9.37 Å². The molecule has 1 aromatic carbocycles. The molecule has 106 valence electrons. The molecule has 3 nitrogen and oxygen atoms in total. The van der Waals surface area contributed by atoms with Gasteiger partial charge < -0.3 is 0 Å². The summed E-state index contributed by atoms with van der Waals surface area (Å²) in [5, 5.41) is 0. The van der Waals surface area contributed by atoms with Gasteiger partial charge in [-0.15, -0.1) is 11.8 Å². The predicted octanol–water partition coefficient (Wildman–Crippen LogP) is 3.46. The molecule has 0 bridgehead atoms. The zero-order valence-electron chi connectivity index (χ0n) is 9.88. The van der Waals surface area contributed by atoms with Gasteiger partial charge in [-0.25, -0.2) is 5.48 Å².